The van der Waals surface area contributed by atoms with Crippen molar-refractivity contribution >= 4 is 17.3 Å². The molecule has 1 aromatic rings. The monoisotopic (exact) mass is 378 g/mol. The molecule has 27 heavy (non-hydrogen) atoms. The summed E-state index contributed by atoms with van der Waals surface area (Å²) in [6, 6.07) is 14.0. The summed E-state index contributed by atoms with van der Waals surface area (Å²) in [4.78, 5) is 1.33. The Hall–Kier alpha value is -2.65. The Labute approximate surface area is 164 Å². The summed E-state index contributed by atoms with van der Waals surface area (Å²) in [5, 5.41) is 38.9. The van der Waals surface area contributed by atoms with Crippen molar-refractivity contribution < 1.29 is 4.90 Å². The van der Waals surface area contributed by atoms with Gasteiger partial charge in [0.15, 0.2) is 5.41 Å². The lowest BCUT2D eigenvalue weighted by Gasteiger charge is -2.47. The van der Waals surface area contributed by atoms with Gasteiger partial charge in [-0.25, -0.2) is 0 Å². The molecule has 0 bridgehead atoms. The van der Waals surface area contributed by atoms with Gasteiger partial charge in [-0.1, -0.05) is 29.8 Å². The van der Waals surface area contributed by atoms with E-state index in [9.17, 15) is 15.8 Å². The van der Waals surface area contributed by atoms with Gasteiger partial charge in [-0.15, -0.1) is 0 Å². The van der Waals surface area contributed by atoms with Gasteiger partial charge in [-0.3, -0.25) is 0 Å². The normalized spacial score (nSPS) is 29.1. The second kappa shape index (κ2) is 7.16. The number of nitrogens with one attached hydrogen (secondary N) is 2. The van der Waals surface area contributed by atoms with Crippen LogP contribution < -0.4 is 4.90 Å². The van der Waals surface area contributed by atoms with Crippen LogP contribution in [-0.2, 0) is 0 Å². The van der Waals surface area contributed by atoms with Crippen LogP contribution in [0.4, 0.5) is 0 Å². The van der Waals surface area contributed by atoms with E-state index in [0.29, 0.717) is 23.2 Å². The Kier molecular flexibility index (Phi) is 5.07. The van der Waals surface area contributed by atoms with Crippen molar-refractivity contribution in [2.75, 3.05) is 13.1 Å². The van der Waals surface area contributed by atoms with Crippen LogP contribution in [0.3, 0.4) is 0 Å². The number of benzene rings is 1. The van der Waals surface area contributed by atoms with E-state index in [0.717, 1.165) is 12.1 Å². The summed E-state index contributed by atoms with van der Waals surface area (Å²) < 4.78 is 0. The number of nitriles is 3. The first-order valence-corrected chi connectivity index (χ1v) is 9.39. The summed E-state index contributed by atoms with van der Waals surface area (Å²) in [5.41, 5.74) is -0.273. The second-order valence-electron chi connectivity index (χ2n) is 7.54. The molecule has 0 saturated heterocycles. The fourth-order valence-corrected chi connectivity index (χ4v) is 4.72. The highest BCUT2D eigenvalue weighted by Gasteiger charge is 2.59. The summed E-state index contributed by atoms with van der Waals surface area (Å²) in [7, 11) is 0. The lowest BCUT2D eigenvalue weighted by atomic mass is 9.54. The first kappa shape index (κ1) is 19.1. The van der Waals surface area contributed by atoms with Gasteiger partial charge in [0.2, 0.25) is 0 Å². The zero-order valence-corrected chi connectivity index (χ0v) is 16.1. The second-order valence-corrected chi connectivity index (χ2v) is 7.95. The Bertz CT molecular complexity index is 913. The number of nitrogens with zero attached hydrogens (tertiary/aromatic N) is 3. The third-order valence-electron chi connectivity index (χ3n) is 5.96. The van der Waals surface area contributed by atoms with Crippen molar-refractivity contribution in [3.63, 3.8) is 0 Å². The van der Waals surface area contributed by atoms with Gasteiger partial charge in [-0.05, 0) is 37.1 Å². The first-order chi connectivity index (χ1) is 12.9. The molecular formula is C21H21ClN5+. The lowest BCUT2D eigenvalue weighted by molar-refractivity contribution is -0.920. The average molecular weight is 379 g/mol. The molecule has 2 aliphatic rings. The number of halogens is 1. The number of rotatable bonds is 2. The minimum absolute atomic E-state index is 0.129. The maximum Gasteiger partial charge on any atom is 0.190 e. The lowest BCUT2D eigenvalue weighted by Crippen LogP contribution is -3.16. The number of fused-ring (bicyclic) bond motifs is 1. The van der Waals surface area contributed by atoms with Crippen LogP contribution in [0, 0.1) is 56.7 Å². The summed E-state index contributed by atoms with van der Waals surface area (Å²) in [5.74, 6) is -1.59. The van der Waals surface area contributed by atoms with Crippen LogP contribution in [-0.4, -0.2) is 24.8 Å². The molecule has 0 spiro atoms. The molecule has 1 aliphatic heterocycles. The van der Waals surface area contributed by atoms with E-state index in [-0.39, 0.29) is 11.6 Å². The third-order valence-corrected chi connectivity index (χ3v) is 6.31. The molecule has 1 fully saturated rings. The van der Waals surface area contributed by atoms with Gasteiger partial charge in [0.05, 0.1) is 43.1 Å². The van der Waals surface area contributed by atoms with Crippen molar-refractivity contribution in [1.82, 2.24) is 0 Å². The smallest absolute Gasteiger partial charge is 0.190 e. The van der Waals surface area contributed by atoms with Crippen LogP contribution in [0.5, 0.6) is 0 Å². The number of hydrogen-bond acceptors (Lipinski definition) is 4. The molecule has 2 unspecified atom stereocenters. The van der Waals surface area contributed by atoms with E-state index in [1.165, 1.54) is 4.90 Å². The minimum Gasteiger partial charge on any atom is -0.329 e. The van der Waals surface area contributed by atoms with Crippen molar-refractivity contribution in [2.45, 2.75) is 25.8 Å². The predicted octanol–water partition coefficient (Wildman–Crippen LogP) is 2.48. The first-order valence-electron chi connectivity index (χ1n) is 9.01. The topological polar surface area (TPSA) is 99.7 Å². The van der Waals surface area contributed by atoms with Gasteiger partial charge >= 0.3 is 0 Å². The van der Waals surface area contributed by atoms with E-state index in [2.05, 4.69) is 32.1 Å². The average Bonchev–Trinajstić information content (AvgIpc) is 2.67. The van der Waals surface area contributed by atoms with Gasteiger partial charge in [0.1, 0.15) is 5.92 Å². The highest BCUT2D eigenvalue weighted by molar-refractivity contribution is 6.31. The summed E-state index contributed by atoms with van der Waals surface area (Å²) in [6.07, 6.45) is 2.04. The SMILES string of the molecule is CC(C)[NH+]1CC=C2C(C#N)C(=N)C(C#N)(C#N)[C@H](c3ccccc3Cl)[C@@H]2C1. The molecule has 4 atom stereocenters. The Morgan fingerprint density at radius 2 is 1.89 bits per heavy atom. The zero-order valence-electron chi connectivity index (χ0n) is 15.3. The minimum atomic E-state index is -1.70. The molecule has 1 aromatic carbocycles. The van der Waals surface area contributed by atoms with E-state index >= 15 is 0 Å². The molecule has 3 rings (SSSR count). The van der Waals surface area contributed by atoms with Crippen LogP contribution in [0.25, 0.3) is 0 Å². The predicted molar refractivity (Wildman–Crippen MR) is 102 cm³/mol. The summed E-state index contributed by atoms with van der Waals surface area (Å²) in [6.45, 7) is 5.74. The molecule has 136 valence electrons. The molecule has 6 heteroatoms. The summed E-state index contributed by atoms with van der Waals surface area (Å²) >= 11 is 6.47. The van der Waals surface area contributed by atoms with Crippen LogP contribution >= 0.6 is 11.6 Å². The fraction of sp³-hybridized carbons (Fsp3) is 0.429. The largest absolute Gasteiger partial charge is 0.329 e. The molecule has 0 radical (unpaired) electrons. The van der Waals surface area contributed by atoms with Crippen molar-refractivity contribution in [2.24, 2.45) is 17.3 Å². The molecule has 1 saturated carbocycles. The maximum atomic E-state index is 10.0. The highest BCUT2D eigenvalue weighted by atomic mass is 35.5. The molecule has 0 aromatic heterocycles. The highest BCUT2D eigenvalue weighted by Crippen LogP contribution is 2.53. The quantitative estimate of drug-likeness (QED) is 0.773. The van der Waals surface area contributed by atoms with Gasteiger partial charge < -0.3 is 10.3 Å². The molecule has 1 heterocycles. The Morgan fingerprint density at radius 3 is 2.44 bits per heavy atom. The van der Waals surface area contributed by atoms with Crippen molar-refractivity contribution in [1.29, 1.82) is 21.2 Å². The van der Waals surface area contributed by atoms with Gasteiger partial charge in [0, 0.05) is 16.9 Å². The third kappa shape index (κ3) is 2.83. The Morgan fingerprint density at radius 1 is 1.22 bits per heavy atom. The molecule has 5 nitrogen and oxygen atoms in total. The van der Waals surface area contributed by atoms with Gasteiger partial charge in [0.25, 0.3) is 0 Å². The standard InChI is InChI=1S/C21H20ClN5/c1-13(2)27-8-7-14-16(9-23)20(26)21(11-24,12-25)19(17(14)10-27)15-5-3-4-6-18(15)22/h3-7,13,16-17,19,26H,8,10H2,1-2H3/p+1/t16?,17-,19-/m1/s1. The van der Waals surface area contributed by atoms with E-state index in [4.69, 9.17) is 17.0 Å². The fourth-order valence-electron chi connectivity index (χ4n) is 4.46. The van der Waals surface area contributed by atoms with E-state index in [1.54, 1.807) is 6.07 Å². The van der Waals surface area contributed by atoms with Crippen LogP contribution in [0.1, 0.15) is 25.3 Å². The van der Waals surface area contributed by atoms with Crippen LogP contribution in [0.15, 0.2) is 35.9 Å². The maximum absolute atomic E-state index is 10.0. The van der Waals surface area contributed by atoms with Crippen molar-refractivity contribution in [3.05, 3.63) is 46.5 Å². The number of hydrogen-bond donors (Lipinski definition) is 2. The molecule has 0 amide bonds. The number of quaternary nitrogens is 1. The molecule has 2 N–H and O–H groups in total. The van der Waals surface area contributed by atoms with E-state index in [1.807, 2.05) is 24.3 Å². The van der Waals surface area contributed by atoms with Crippen LogP contribution in [0.2, 0.25) is 5.02 Å². The van der Waals surface area contributed by atoms with Crippen molar-refractivity contribution in [3.8, 4) is 18.2 Å². The Balaban J connectivity index is 2.27. The zero-order chi connectivity index (χ0) is 19.8. The van der Waals surface area contributed by atoms with Gasteiger partial charge in [-0.2, -0.15) is 15.8 Å². The molecular weight excluding hydrogens is 358 g/mol. The van der Waals surface area contributed by atoms with E-state index < -0.39 is 17.3 Å². The molecule has 1 aliphatic carbocycles.